The van der Waals surface area contributed by atoms with Crippen molar-refractivity contribution in [1.29, 1.82) is 0 Å². The molecule has 0 aliphatic carbocycles. The topological polar surface area (TPSA) is 46.2 Å². The maximum Gasteiger partial charge on any atom is 0.180 e. The van der Waals surface area contributed by atoms with Crippen molar-refractivity contribution in [2.24, 2.45) is 0 Å². The fourth-order valence-electron chi connectivity index (χ4n) is 1.89. The van der Waals surface area contributed by atoms with Crippen LogP contribution in [-0.2, 0) is 16.4 Å². The molecule has 0 saturated carbocycles. The largest absolute Gasteiger partial charge is 0.380 e. The number of hydrogen-bond donors (Lipinski definition) is 1. The van der Waals surface area contributed by atoms with Crippen LogP contribution in [0.4, 0.5) is 10.1 Å². The summed E-state index contributed by atoms with van der Waals surface area (Å²) in [7, 11) is -3.28. The Morgan fingerprint density at radius 2 is 1.90 bits per heavy atom. The van der Waals surface area contributed by atoms with Crippen LogP contribution < -0.4 is 5.32 Å². The van der Waals surface area contributed by atoms with E-state index in [0.717, 1.165) is 5.56 Å². The Labute approximate surface area is 132 Å². The van der Waals surface area contributed by atoms with E-state index in [4.69, 9.17) is 0 Å². The first-order chi connectivity index (χ1) is 9.94. The minimum atomic E-state index is -3.28. The quantitative estimate of drug-likeness (QED) is 0.863. The van der Waals surface area contributed by atoms with Gasteiger partial charge >= 0.3 is 0 Å². The molecule has 6 heteroatoms. The first-order valence-corrected chi connectivity index (χ1v) is 8.88. The highest BCUT2D eigenvalue weighted by molar-refractivity contribution is 9.10. The fraction of sp³-hybridized carbons (Fsp3) is 0.200. The van der Waals surface area contributed by atoms with E-state index in [1.54, 1.807) is 43.3 Å². The molecule has 0 atom stereocenters. The van der Waals surface area contributed by atoms with Gasteiger partial charge in [0.15, 0.2) is 9.84 Å². The zero-order valence-electron chi connectivity index (χ0n) is 11.4. The molecule has 3 nitrogen and oxygen atoms in total. The SMILES string of the molecule is CCS(=O)(=O)c1ccccc1NCc1ccc(F)c(Br)c1. The molecule has 0 radical (unpaired) electrons. The van der Waals surface area contributed by atoms with Gasteiger partial charge in [-0.15, -0.1) is 0 Å². The molecule has 0 spiro atoms. The van der Waals surface area contributed by atoms with Crippen molar-refractivity contribution >= 4 is 31.5 Å². The molecule has 0 aromatic heterocycles. The van der Waals surface area contributed by atoms with Crippen LogP contribution in [0.2, 0.25) is 0 Å². The van der Waals surface area contributed by atoms with Crippen LogP contribution in [0.3, 0.4) is 0 Å². The molecule has 0 saturated heterocycles. The van der Waals surface area contributed by atoms with E-state index in [1.807, 2.05) is 0 Å². The molecule has 1 N–H and O–H groups in total. The summed E-state index contributed by atoms with van der Waals surface area (Å²) in [5.74, 6) is -0.277. The number of para-hydroxylation sites is 1. The average Bonchev–Trinajstić information content (AvgIpc) is 2.49. The summed E-state index contributed by atoms with van der Waals surface area (Å²) in [5.41, 5.74) is 1.41. The van der Waals surface area contributed by atoms with Gasteiger partial charge in [0.05, 0.1) is 20.8 Å². The third-order valence-corrected chi connectivity index (χ3v) is 5.46. The molecular formula is C15H15BrFNO2S. The zero-order valence-corrected chi connectivity index (χ0v) is 13.8. The van der Waals surface area contributed by atoms with Crippen LogP contribution >= 0.6 is 15.9 Å². The minimum absolute atomic E-state index is 0.0494. The van der Waals surface area contributed by atoms with Crippen molar-refractivity contribution in [1.82, 2.24) is 0 Å². The van der Waals surface area contributed by atoms with Gasteiger partial charge in [-0.2, -0.15) is 0 Å². The molecule has 0 unspecified atom stereocenters. The lowest BCUT2D eigenvalue weighted by atomic mass is 10.2. The lowest BCUT2D eigenvalue weighted by Crippen LogP contribution is -2.09. The second kappa shape index (κ2) is 6.58. The summed E-state index contributed by atoms with van der Waals surface area (Å²) in [6.07, 6.45) is 0. The monoisotopic (exact) mass is 371 g/mol. The Balaban J connectivity index is 2.23. The summed E-state index contributed by atoms with van der Waals surface area (Å²) in [4.78, 5) is 0.286. The first kappa shape index (κ1) is 16.0. The van der Waals surface area contributed by atoms with Gasteiger partial charge in [-0.05, 0) is 45.8 Å². The molecule has 0 fully saturated rings. The number of rotatable bonds is 5. The molecule has 2 rings (SSSR count). The highest BCUT2D eigenvalue weighted by Gasteiger charge is 2.15. The lowest BCUT2D eigenvalue weighted by Gasteiger charge is -2.12. The average molecular weight is 372 g/mol. The Morgan fingerprint density at radius 3 is 2.57 bits per heavy atom. The van der Waals surface area contributed by atoms with E-state index < -0.39 is 9.84 Å². The van der Waals surface area contributed by atoms with Gasteiger partial charge in [0, 0.05) is 6.54 Å². The lowest BCUT2D eigenvalue weighted by molar-refractivity contribution is 0.597. The predicted molar refractivity (Wildman–Crippen MR) is 85.6 cm³/mol. The van der Waals surface area contributed by atoms with Gasteiger partial charge in [-0.3, -0.25) is 0 Å². The van der Waals surface area contributed by atoms with Gasteiger partial charge in [0.25, 0.3) is 0 Å². The first-order valence-electron chi connectivity index (χ1n) is 6.43. The van der Waals surface area contributed by atoms with Crippen LogP contribution in [0.15, 0.2) is 51.8 Å². The van der Waals surface area contributed by atoms with E-state index in [2.05, 4.69) is 21.2 Å². The van der Waals surface area contributed by atoms with Crippen molar-refractivity contribution in [2.75, 3.05) is 11.1 Å². The molecule has 0 aliphatic heterocycles. The molecule has 0 heterocycles. The third kappa shape index (κ3) is 3.83. The summed E-state index contributed by atoms with van der Waals surface area (Å²) in [5, 5.41) is 3.09. The van der Waals surface area contributed by atoms with Crippen LogP contribution in [-0.4, -0.2) is 14.2 Å². The summed E-state index contributed by atoms with van der Waals surface area (Å²) in [6.45, 7) is 2.03. The second-order valence-corrected chi connectivity index (χ2v) is 7.60. The zero-order chi connectivity index (χ0) is 15.5. The number of hydrogen-bond acceptors (Lipinski definition) is 3. The van der Waals surface area contributed by atoms with Crippen molar-refractivity contribution in [2.45, 2.75) is 18.4 Å². The van der Waals surface area contributed by atoms with E-state index in [-0.39, 0.29) is 16.5 Å². The van der Waals surface area contributed by atoms with E-state index >= 15 is 0 Å². The third-order valence-electron chi connectivity index (χ3n) is 3.07. The van der Waals surface area contributed by atoms with Gasteiger partial charge in [-0.25, -0.2) is 12.8 Å². The molecule has 0 amide bonds. The Bertz CT molecular complexity index is 747. The van der Waals surface area contributed by atoms with Crippen molar-refractivity contribution < 1.29 is 12.8 Å². The fourth-order valence-corrected chi connectivity index (χ4v) is 3.38. The van der Waals surface area contributed by atoms with Crippen LogP contribution in [0.25, 0.3) is 0 Å². The van der Waals surface area contributed by atoms with E-state index in [0.29, 0.717) is 16.7 Å². The van der Waals surface area contributed by atoms with E-state index in [1.165, 1.54) is 6.07 Å². The smallest absolute Gasteiger partial charge is 0.180 e. The number of sulfone groups is 1. The van der Waals surface area contributed by atoms with Crippen LogP contribution in [0.5, 0.6) is 0 Å². The van der Waals surface area contributed by atoms with Crippen molar-refractivity contribution in [3.05, 3.63) is 58.3 Å². The molecule has 112 valence electrons. The molecule has 2 aromatic rings. The maximum absolute atomic E-state index is 13.2. The molecule has 21 heavy (non-hydrogen) atoms. The summed E-state index contributed by atoms with van der Waals surface area (Å²) in [6, 6.07) is 11.5. The van der Waals surface area contributed by atoms with Gasteiger partial charge in [0.1, 0.15) is 5.82 Å². The van der Waals surface area contributed by atoms with Crippen molar-refractivity contribution in [3.8, 4) is 0 Å². The van der Waals surface area contributed by atoms with Crippen molar-refractivity contribution in [3.63, 3.8) is 0 Å². The predicted octanol–water partition coefficient (Wildman–Crippen LogP) is 3.99. The van der Waals surface area contributed by atoms with Crippen LogP contribution in [0, 0.1) is 5.82 Å². The Kier molecular flexibility index (Phi) is 5.00. The van der Waals surface area contributed by atoms with Gasteiger partial charge in [-0.1, -0.05) is 25.1 Å². The Morgan fingerprint density at radius 1 is 1.19 bits per heavy atom. The molecule has 2 aromatic carbocycles. The maximum atomic E-state index is 13.2. The highest BCUT2D eigenvalue weighted by atomic mass is 79.9. The normalized spacial score (nSPS) is 11.4. The van der Waals surface area contributed by atoms with Gasteiger partial charge in [0.2, 0.25) is 0 Å². The number of benzene rings is 2. The Hall–Kier alpha value is -1.40. The standard InChI is InChI=1S/C15H15BrFNO2S/c1-2-21(19,20)15-6-4-3-5-14(15)18-10-11-7-8-13(17)12(16)9-11/h3-9,18H,2,10H2,1H3. The summed E-state index contributed by atoms with van der Waals surface area (Å²) >= 11 is 3.13. The van der Waals surface area contributed by atoms with Crippen LogP contribution in [0.1, 0.15) is 12.5 Å². The molecule has 0 aliphatic rings. The molecule has 0 bridgehead atoms. The second-order valence-electron chi connectivity index (χ2n) is 4.50. The number of anilines is 1. The summed E-state index contributed by atoms with van der Waals surface area (Å²) < 4.78 is 37.6. The van der Waals surface area contributed by atoms with Gasteiger partial charge < -0.3 is 5.32 Å². The number of halogens is 2. The number of nitrogens with one attached hydrogen (secondary N) is 1. The van der Waals surface area contributed by atoms with E-state index in [9.17, 15) is 12.8 Å². The molecular weight excluding hydrogens is 357 g/mol. The highest BCUT2D eigenvalue weighted by Crippen LogP contribution is 2.23. The minimum Gasteiger partial charge on any atom is -0.380 e.